The molecule has 2 unspecified atom stereocenters. The molecule has 0 bridgehead atoms. The molecule has 0 spiro atoms. The highest BCUT2D eigenvalue weighted by Gasteiger charge is 2.23. The van der Waals surface area contributed by atoms with Crippen molar-refractivity contribution in [2.45, 2.75) is 31.2 Å². The first-order valence-corrected chi connectivity index (χ1v) is 4.53. The first-order chi connectivity index (χ1) is 5.13. The number of hydrogen-bond donors (Lipinski definition) is 1. The van der Waals surface area contributed by atoms with Gasteiger partial charge in [-0.05, 0) is 13.3 Å². The van der Waals surface area contributed by atoms with Gasteiger partial charge in [0.15, 0.2) is 6.10 Å². The van der Waals surface area contributed by atoms with E-state index in [0.717, 1.165) is 0 Å². The Labute approximate surface area is 74.9 Å². The number of hydrogen-bond acceptors (Lipinski definition) is 3. The summed E-state index contributed by atoms with van der Waals surface area (Å²) in [6.45, 7) is 3.89. The van der Waals surface area contributed by atoms with Crippen LogP contribution in [0.1, 0.15) is 20.3 Å². The first kappa shape index (κ1) is 10.9. The minimum Gasteiger partial charge on any atom is -0.464 e. The predicted octanol–water partition coefficient (Wildman–Crippen LogP) is 1.08. The van der Waals surface area contributed by atoms with Crippen LogP contribution in [0.15, 0.2) is 0 Å². The molecule has 2 atom stereocenters. The summed E-state index contributed by atoms with van der Waals surface area (Å²) in [5, 5.41) is 9.20. The Kier molecular flexibility index (Phi) is 5.50. The van der Waals surface area contributed by atoms with Gasteiger partial charge in [0.2, 0.25) is 0 Å². The van der Waals surface area contributed by atoms with E-state index in [1.54, 1.807) is 6.92 Å². The molecule has 0 aliphatic rings. The number of carbonyl (C=O) groups is 1. The van der Waals surface area contributed by atoms with Crippen LogP contribution in [0.4, 0.5) is 0 Å². The second kappa shape index (κ2) is 5.55. The number of carbonyl (C=O) groups excluding carboxylic acids is 1. The average Bonchev–Trinajstić information content (AvgIpc) is 2.02. The Balaban J connectivity index is 3.80. The smallest absolute Gasteiger partial charge is 0.336 e. The normalized spacial score (nSPS) is 15.6. The van der Waals surface area contributed by atoms with Crippen molar-refractivity contribution < 1.29 is 14.6 Å². The minimum absolute atomic E-state index is 0.207. The molecule has 0 aromatic carbocycles. The van der Waals surface area contributed by atoms with Gasteiger partial charge in [-0.15, -0.1) is 0 Å². The van der Waals surface area contributed by atoms with E-state index in [0.29, 0.717) is 13.0 Å². The number of aliphatic hydroxyl groups excluding tert-OH is 1. The SMILES string of the molecule is CCOC(=O)C(O)C(Br)CC. The van der Waals surface area contributed by atoms with E-state index in [1.807, 2.05) is 6.92 Å². The molecule has 0 aromatic heterocycles. The zero-order valence-electron chi connectivity index (χ0n) is 6.71. The van der Waals surface area contributed by atoms with Gasteiger partial charge in [-0.25, -0.2) is 4.79 Å². The maximum atomic E-state index is 10.8. The summed E-state index contributed by atoms with van der Waals surface area (Å²) in [5.74, 6) is -0.559. The van der Waals surface area contributed by atoms with Crippen LogP contribution < -0.4 is 0 Å². The predicted molar refractivity (Wildman–Crippen MR) is 45.6 cm³/mol. The molecule has 0 fully saturated rings. The van der Waals surface area contributed by atoms with Crippen LogP contribution in [0.3, 0.4) is 0 Å². The average molecular weight is 225 g/mol. The molecule has 0 heterocycles. The van der Waals surface area contributed by atoms with Crippen LogP contribution in [0.5, 0.6) is 0 Å². The Bertz CT molecular complexity index is 127. The van der Waals surface area contributed by atoms with Crippen molar-refractivity contribution in [1.82, 2.24) is 0 Å². The molecule has 1 N–H and O–H groups in total. The van der Waals surface area contributed by atoms with Gasteiger partial charge in [0.25, 0.3) is 0 Å². The number of alkyl halides is 1. The molecule has 0 radical (unpaired) electrons. The van der Waals surface area contributed by atoms with Crippen LogP contribution >= 0.6 is 15.9 Å². The maximum Gasteiger partial charge on any atom is 0.336 e. The van der Waals surface area contributed by atoms with E-state index < -0.39 is 12.1 Å². The Morgan fingerprint density at radius 2 is 2.18 bits per heavy atom. The molecular formula is C7H13BrO3. The van der Waals surface area contributed by atoms with Crippen LogP contribution in [0.25, 0.3) is 0 Å². The maximum absolute atomic E-state index is 10.8. The number of ether oxygens (including phenoxy) is 1. The molecular weight excluding hydrogens is 212 g/mol. The van der Waals surface area contributed by atoms with Gasteiger partial charge in [-0.3, -0.25) is 0 Å². The van der Waals surface area contributed by atoms with Crippen LogP contribution in [0, 0.1) is 0 Å². The summed E-state index contributed by atoms with van der Waals surface area (Å²) in [5.41, 5.74) is 0. The number of rotatable bonds is 4. The van der Waals surface area contributed by atoms with Gasteiger partial charge in [0, 0.05) is 0 Å². The molecule has 3 nitrogen and oxygen atoms in total. The molecule has 0 aliphatic heterocycles. The Morgan fingerprint density at radius 3 is 2.55 bits per heavy atom. The molecule has 0 aliphatic carbocycles. The molecule has 0 saturated heterocycles. The fraction of sp³-hybridized carbons (Fsp3) is 0.857. The third kappa shape index (κ3) is 3.72. The van der Waals surface area contributed by atoms with E-state index in [4.69, 9.17) is 0 Å². The van der Waals surface area contributed by atoms with Crippen molar-refractivity contribution >= 4 is 21.9 Å². The van der Waals surface area contributed by atoms with E-state index in [1.165, 1.54) is 0 Å². The lowest BCUT2D eigenvalue weighted by molar-refractivity contribution is -0.152. The molecule has 0 saturated carbocycles. The quantitative estimate of drug-likeness (QED) is 0.575. The van der Waals surface area contributed by atoms with Crippen LogP contribution in [0.2, 0.25) is 0 Å². The largest absolute Gasteiger partial charge is 0.464 e. The van der Waals surface area contributed by atoms with E-state index in [2.05, 4.69) is 20.7 Å². The lowest BCUT2D eigenvalue weighted by Crippen LogP contribution is -2.31. The zero-order chi connectivity index (χ0) is 8.85. The monoisotopic (exact) mass is 224 g/mol. The molecule has 0 aromatic rings. The molecule has 4 heteroatoms. The van der Waals surface area contributed by atoms with Crippen LogP contribution in [-0.2, 0) is 9.53 Å². The summed E-state index contributed by atoms with van der Waals surface area (Å²) >= 11 is 3.16. The molecule has 0 amide bonds. The fourth-order valence-electron chi connectivity index (χ4n) is 0.599. The minimum atomic E-state index is -1.04. The van der Waals surface area contributed by atoms with Crippen molar-refractivity contribution in [2.75, 3.05) is 6.61 Å². The summed E-state index contributed by atoms with van der Waals surface area (Å²) < 4.78 is 4.61. The zero-order valence-corrected chi connectivity index (χ0v) is 8.30. The van der Waals surface area contributed by atoms with Crippen molar-refractivity contribution in [3.8, 4) is 0 Å². The number of esters is 1. The van der Waals surface area contributed by atoms with E-state index in [9.17, 15) is 9.90 Å². The van der Waals surface area contributed by atoms with Gasteiger partial charge in [-0.1, -0.05) is 22.9 Å². The van der Waals surface area contributed by atoms with E-state index in [-0.39, 0.29) is 4.83 Å². The third-order valence-electron chi connectivity index (χ3n) is 1.26. The van der Waals surface area contributed by atoms with Gasteiger partial charge in [0.05, 0.1) is 11.4 Å². The molecule has 66 valence electrons. The number of aliphatic hydroxyl groups is 1. The highest BCUT2D eigenvalue weighted by Crippen LogP contribution is 2.10. The van der Waals surface area contributed by atoms with Gasteiger partial charge >= 0.3 is 5.97 Å². The highest BCUT2D eigenvalue weighted by molar-refractivity contribution is 9.09. The number of halogens is 1. The van der Waals surface area contributed by atoms with Gasteiger partial charge < -0.3 is 9.84 Å². The van der Waals surface area contributed by atoms with Crippen molar-refractivity contribution in [3.05, 3.63) is 0 Å². The van der Waals surface area contributed by atoms with Crippen molar-refractivity contribution in [2.24, 2.45) is 0 Å². The summed E-state index contributed by atoms with van der Waals surface area (Å²) in [7, 11) is 0. The molecule has 0 rings (SSSR count). The fourth-order valence-corrected chi connectivity index (χ4v) is 0.814. The molecule has 11 heavy (non-hydrogen) atoms. The van der Waals surface area contributed by atoms with E-state index >= 15 is 0 Å². The lowest BCUT2D eigenvalue weighted by Gasteiger charge is -2.13. The third-order valence-corrected chi connectivity index (χ3v) is 2.41. The van der Waals surface area contributed by atoms with Crippen molar-refractivity contribution in [1.29, 1.82) is 0 Å². The topological polar surface area (TPSA) is 46.5 Å². The summed E-state index contributed by atoms with van der Waals surface area (Å²) in [6, 6.07) is 0. The van der Waals surface area contributed by atoms with Gasteiger partial charge in [0.1, 0.15) is 0 Å². The standard InChI is InChI=1S/C7H13BrO3/c1-3-5(8)6(9)7(10)11-4-2/h5-6,9H,3-4H2,1-2H3. The Morgan fingerprint density at radius 1 is 1.64 bits per heavy atom. The summed E-state index contributed by atoms with van der Waals surface area (Å²) in [6.07, 6.45) is -0.347. The van der Waals surface area contributed by atoms with Crippen molar-refractivity contribution in [3.63, 3.8) is 0 Å². The first-order valence-electron chi connectivity index (χ1n) is 3.62. The Hall–Kier alpha value is -0.0900. The second-order valence-corrected chi connectivity index (χ2v) is 3.30. The summed E-state index contributed by atoms with van der Waals surface area (Å²) in [4.78, 5) is 10.6. The van der Waals surface area contributed by atoms with Crippen LogP contribution in [-0.4, -0.2) is 28.6 Å². The lowest BCUT2D eigenvalue weighted by atomic mass is 10.2. The second-order valence-electron chi connectivity index (χ2n) is 2.12. The van der Waals surface area contributed by atoms with Gasteiger partial charge in [-0.2, -0.15) is 0 Å². The highest BCUT2D eigenvalue weighted by atomic mass is 79.9.